The van der Waals surface area contributed by atoms with E-state index in [2.05, 4.69) is 19.7 Å². The Morgan fingerprint density at radius 3 is 2.49 bits per heavy atom. The van der Waals surface area contributed by atoms with E-state index in [1.165, 1.54) is 49.1 Å². The molecule has 5 rings (SSSR count). The number of ether oxygens (including phenoxy) is 1. The highest BCUT2D eigenvalue weighted by Crippen LogP contribution is 2.44. The van der Waals surface area contributed by atoms with Crippen LogP contribution in [0.15, 0.2) is 78.2 Å². The van der Waals surface area contributed by atoms with E-state index in [4.69, 9.17) is 4.74 Å². The van der Waals surface area contributed by atoms with Gasteiger partial charge in [-0.05, 0) is 53.9 Å². The van der Waals surface area contributed by atoms with Crippen LogP contribution >= 0.6 is 0 Å². The number of sulfonamides is 1. The number of aromatic nitrogens is 3. The summed E-state index contributed by atoms with van der Waals surface area (Å²) >= 11 is 0. The summed E-state index contributed by atoms with van der Waals surface area (Å²) in [7, 11) is -4.00. The fourth-order valence-electron chi connectivity index (χ4n) is 4.23. The minimum absolute atomic E-state index is 0.0686. The highest BCUT2D eigenvalue weighted by atomic mass is 32.2. The van der Waals surface area contributed by atoms with Crippen molar-refractivity contribution < 1.29 is 30.7 Å². The van der Waals surface area contributed by atoms with Gasteiger partial charge in [-0.25, -0.2) is 23.4 Å². The van der Waals surface area contributed by atoms with Crippen LogP contribution in [-0.2, 0) is 16.2 Å². The molecule has 37 heavy (non-hydrogen) atoms. The highest BCUT2D eigenvalue weighted by Gasteiger charge is 2.33. The highest BCUT2D eigenvalue weighted by molar-refractivity contribution is 7.92. The Bertz CT molecular complexity index is 1550. The maximum atomic E-state index is 13.5. The molecule has 0 radical (unpaired) electrons. The van der Waals surface area contributed by atoms with E-state index in [0.717, 1.165) is 18.2 Å². The number of rotatable bonds is 5. The minimum Gasteiger partial charge on any atom is -0.493 e. The summed E-state index contributed by atoms with van der Waals surface area (Å²) in [6.45, 7) is 0.211. The molecule has 1 unspecified atom stereocenters. The van der Waals surface area contributed by atoms with Crippen molar-refractivity contribution in [1.29, 1.82) is 0 Å². The number of hydrogen-bond acceptors (Lipinski definition) is 6. The number of anilines is 1. The molecule has 0 saturated carbocycles. The van der Waals surface area contributed by atoms with E-state index in [1.54, 1.807) is 6.07 Å². The predicted molar refractivity (Wildman–Crippen MR) is 126 cm³/mol. The topological polar surface area (TPSA) is 94.1 Å². The van der Waals surface area contributed by atoms with Crippen molar-refractivity contribution in [2.75, 3.05) is 11.3 Å². The van der Waals surface area contributed by atoms with Crippen LogP contribution in [0.2, 0.25) is 0 Å². The minimum atomic E-state index is -4.58. The Morgan fingerprint density at radius 2 is 1.78 bits per heavy atom. The number of nitrogens with one attached hydrogen (secondary N) is 1. The standard InChI is InChI=1S/C25H18F4N4O3S/c26-23-6-1-15(13-31-23)21-11-16(25(27,28)29)2-4-18(21)19-8-10-36-22-12-17(3-5-20(19)22)37(34,35)33-24-7-9-30-14-32-24/h1-7,9,11-14,19H,8,10H2,(H,30,32,33). The van der Waals surface area contributed by atoms with Crippen molar-refractivity contribution in [1.82, 2.24) is 15.0 Å². The van der Waals surface area contributed by atoms with E-state index < -0.39 is 33.6 Å². The summed E-state index contributed by atoms with van der Waals surface area (Å²) < 4.78 is 87.8. The van der Waals surface area contributed by atoms with Gasteiger partial charge < -0.3 is 4.74 Å². The lowest BCUT2D eigenvalue weighted by atomic mass is 9.82. The molecule has 2 aromatic heterocycles. The zero-order valence-corrected chi connectivity index (χ0v) is 19.7. The first-order chi connectivity index (χ1) is 17.6. The van der Waals surface area contributed by atoms with E-state index in [0.29, 0.717) is 28.9 Å². The van der Waals surface area contributed by atoms with E-state index in [9.17, 15) is 26.0 Å². The molecule has 4 aromatic rings. The molecular formula is C25H18F4N4O3S. The molecule has 0 fully saturated rings. The van der Waals surface area contributed by atoms with E-state index >= 15 is 0 Å². The average Bonchev–Trinajstić information content (AvgIpc) is 2.88. The number of hydrogen-bond donors (Lipinski definition) is 1. The van der Waals surface area contributed by atoms with Crippen LogP contribution in [0, 0.1) is 5.95 Å². The SMILES string of the molecule is O=S(=O)(Nc1ccncn1)c1ccc2c(c1)OCCC2c1ccc(C(F)(F)F)cc1-c1ccc(F)nc1. The summed E-state index contributed by atoms with van der Waals surface area (Å²) in [4.78, 5) is 11.1. The van der Waals surface area contributed by atoms with Crippen molar-refractivity contribution in [2.24, 2.45) is 0 Å². The third-order valence-corrected chi connectivity index (χ3v) is 7.30. The fraction of sp³-hybridized carbons (Fsp3) is 0.160. The van der Waals surface area contributed by atoms with Crippen LogP contribution in [0.3, 0.4) is 0 Å². The number of halogens is 4. The van der Waals surface area contributed by atoms with Gasteiger partial charge in [-0.2, -0.15) is 17.6 Å². The molecule has 7 nitrogen and oxygen atoms in total. The summed E-state index contributed by atoms with van der Waals surface area (Å²) in [5, 5.41) is 0. The number of nitrogens with zero attached hydrogens (tertiary/aromatic N) is 3. The van der Waals surface area contributed by atoms with E-state index in [1.807, 2.05) is 0 Å². The molecule has 0 bridgehead atoms. The van der Waals surface area contributed by atoms with Crippen LogP contribution in [0.4, 0.5) is 23.4 Å². The summed E-state index contributed by atoms with van der Waals surface area (Å²) in [5.41, 5.74) is 0.898. The fourth-order valence-corrected chi connectivity index (χ4v) is 5.25. The largest absolute Gasteiger partial charge is 0.493 e. The molecule has 0 aliphatic carbocycles. The van der Waals surface area contributed by atoms with Crippen LogP contribution in [0.25, 0.3) is 11.1 Å². The third kappa shape index (κ3) is 5.10. The first-order valence-electron chi connectivity index (χ1n) is 11.0. The second-order valence-electron chi connectivity index (χ2n) is 8.26. The maximum Gasteiger partial charge on any atom is 0.416 e. The van der Waals surface area contributed by atoms with Gasteiger partial charge in [-0.1, -0.05) is 12.1 Å². The van der Waals surface area contributed by atoms with Crippen LogP contribution < -0.4 is 9.46 Å². The summed E-state index contributed by atoms with van der Waals surface area (Å²) in [6.07, 6.45) is -0.358. The molecule has 1 aliphatic heterocycles. The van der Waals surface area contributed by atoms with Gasteiger partial charge in [0.25, 0.3) is 10.0 Å². The van der Waals surface area contributed by atoms with Gasteiger partial charge in [0.2, 0.25) is 5.95 Å². The molecule has 3 heterocycles. The van der Waals surface area contributed by atoms with Gasteiger partial charge in [-0.3, -0.25) is 4.72 Å². The lowest BCUT2D eigenvalue weighted by molar-refractivity contribution is -0.137. The Morgan fingerprint density at radius 1 is 0.973 bits per heavy atom. The third-order valence-electron chi connectivity index (χ3n) is 5.95. The number of benzene rings is 2. The van der Waals surface area contributed by atoms with Gasteiger partial charge in [0.15, 0.2) is 0 Å². The second kappa shape index (κ2) is 9.43. The monoisotopic (exact) mass is 530 g/mol. The maximum absolute atomic E-state index is 13.5. The van der Waals surface area contributed by atoms with Gasteiger partial charge in [-0.15, -0.1) is 0 Å². The van der Waals surface area contributed by atoms with E-state index in [-0.39, 0.29) is 22.9 Å². The summed E-state index contributed by atoms with van der Waals surface area (Å²) in [5.74, 6) is -0.769. The molecule has 0 amide bonds. The second-order valence-corrected chi connectivity index (χ2v) is 9.94. The zero-order chi connectivity index (χ0) is 26.2. The summed E-state index contributed by atoms with van der Waals surface area (Å²) in [6, 6.07) is 11.6. The first-order valence-corrected chi connectivity index (χ1v) is 12.5. The van der Waals surface area contributed by atoms with Gasteiger partial charge >= 0.3 is 6.18 Å². The zero-order valence-electron chi connectivity index (χ0n) is 18.9. The number of pyridine rings is 1. The van der Waals surface area contributed by atoms with Crippen molar-refractivity contribution in [3.8, 4) is 16.9 Å². The molecular weight excluding hydrogens is 512 g/mol. The van der Waals surface area contributed by atoms with Crippen molar-refractivity contribution in [3.63, 3.8) is 0 Å². The normalized spacial score (nSPS) is 15.5. The quantitative estimate of drug-likeness (QED) is 0.274. The van der Waals surface area contributed by atoms with Gasteiger partial charge in [0, 0.05) is 35.5 Å². The van der Waals surface area contributed by atoms with Crippen molar-refractivity contribution in [3.05, 3.63) is 96.0 Å². The molecule has 0 saturated heterocycles. The van der Waals surface area contributed by atoms with Crippen LogP contribution in [-0.4, -0.2) is 30.0 Å². The smallest absolute Gasteiger partial charge is 0.416 e. The van der Waals surface area contributed by atoms with Gasteiger partial charge in [0.05, 0.1) is 17.1 Å². The molecule has 2 aromatic carbocycles. The Hall–Kier alpha value is -4.06. The average molecular weight is 531 g/mol. The van der Waals surface area contributed by atoms with Gasteiger partial charge in [0.1, 0.15) is 17.9 Å². The lowest BCUT2D eigenvalue weighted by Gasteiger charge is -2.29. The Labute approximate surface area is 209 Å². The molecule has 0 spiro atoms. The molecule has 1 aliphatic rings. The Balaban J connectivity index is 1.56. The van der Waals surface area contributed by atoms with Crippen LogP contribution in [0.1, 0.15) is 29.0 Å². The number of fused-ring (bicyclic) bond motifs is 1. The first kappa shape index (κ1) is 24.6. The van der Waals surface area contributed by atoms with Crippen LogP contribution in [0.5, 0.6) is 5.75 Å². The number of alkyl halides is 3. The van der Waals surface area contributed by atoms with Crippen molar-refractivity contribution in [2.45, 2.75) is 23.4 Å². The molecule has 1 atom stereocenters. The van der Waals surface area contributed by atoms with Crippen molar-refractivity contribution >= 4 is 15.8 Å². The molecule has 1 N–H and O–H groups in total. The Kier molecular flexibility index (Phi) is 6.28. The molecule has 12 heteroatoms. The lowest BCUT2D eigenvalue weighted by Crippen LogP contribution is -2.18. The molecule has 190 valence electrons. The predicted octanol–water partition coefficient (Wildman–Crippen LogP) is 5.41.